The Labute approximate surface area is 112 Å². The van der Waals surface area contributed by atoms with Crippen LogP contribution in [0.25, 0.3) is 0 Å². The molecule has 0 fully saturated rings. The fraction of sp³-hybridized carbons (Fsp3) is 0.167. The Morgan fingerprint density at radius 3 is 2.50 bits per heavy atom. The molecule has 3 N–H and O–H groups in total. The average molecular weight is 286 g/mol. The molecule has 0 radical (unpaired) electrons. The number of alkyl halides is 2. The molecule has 2 aromatic rings. The van der Waals surface area contributed by atoms with Crippen LogP contribution in [0.15, 0.2) is 40.6 Å². The first-order valence-corrected chi connectivity index (χ1v) is 7.01. The van der Waals surface area contributed by atoms with E-state index in [9.17, 15) is 8.78 Å². The van der Waals surface area contributed by atoms with Crippen LogP contribution in [0, 0.1) is 0 Å². The molecule has 0 atom stereocenters. The van der Waals surface area contributed by atoms with Crippen molar-refractivity contribution in [1.29, 1.82) is 0 Å². The van der Waals surface area contributed by atoms with Gasteiger partial charge in [0.05, 0.1) is 6.54 Å². The number of nitrogens with one attached hydrogen (secondary N) is 1. The monoisotopic (exact) mass is 286 g/mol. The van der Waals surface area contributed by atoms with Crippen molar-refractivity contribution in [1.82, 2.24) is 0 Å². The second-order valence-electron chi connectivity index (χ2n) is 3.56. The molecular formula is C12H12F2N2S2. The van der Waals surface area contributed by atoms with E-state index in [4.69, 9.17) is 5.73 Å². The van der Waals surface area contributed by atoms with E-state index in [1.807, 2.05) is 11.4 Å². The molecule has 0 aliphatic rings. The fourth-order valence-electron chi connectivity index (χ4n) is 1.43. The zero-order valence-corrected chi connectivity index (χ0v) is 11.0. The first-order valence-electron chi connectivity index (χ1n) is 5.26. The zero-order valence-electron chi connectivity index (χ0n) is 9.40. The predicted molar refractivity (Wildman–Crippen MR) is 74.4 cm³/mol. The summed E-state index contributed by atoms with van der Waals surface area (Å²) in [6.07, 6.45) is 0. The van der Waals surface area contributed by atoms with Crippen molar-refractivity contribution < 1.29 is 8.78 Å². The number of hydrogen-bond acceptors (Lipinski definition) is 4. The molecule has 1 aromatic carbocycles. The molecule has 0 aliphatic heterocycles. The molecule has 96 valence electrons. The van der Waals surface area contributed by atoms with Gasteiger partial charge in [0.25, 0.3) is 5.76 Å². The van der Waals surface area contributed by atoms with E-state index >= 15 is 0 Å². The lowest BCUT2D eigenvalue weighted by atomic mass is 10.3. The summed E-state index contributed by atoms with van der Waals surface area (Å²) in [5, 5.41) is 5.14. The Bertz CT molecular complexity index is 497. The molecule has 1 aromatic heterocycles. The number of thiophene rings is 1. The highest BCUT2D eigenvalue weighted by Gasteiger charge is 2.05. The summed E-state index contributed by atoms with van der Waals surface area (Å²) in [6.45, 7) is 0.644. The second kappa shape index (κ2) is 6.06. The van der Waals surface area contributed by atoms with Gasteiger partial charge in [-0.2, -0.15) is 8.78 Å². The van der Waals surface area contributed by atoms with E-state index in [-0.39, 0.29) is 0 Å². The minimum absolute atomic E-state index is 0.546. The first-order chi connectivity index (χ1) is 8.65. The predicted octanol–water partition coefficient (Wildman–Crippen LogP) is 4.26. The molecule has 2 rings (SSSR count). The van der Waals surface area contributed by atoms with Gasteiger partial charge in [-0.25, -0.2) is 0 Å². The lowest BCUT2D eigenvalue weighted by Crippen LogP contribution is -1.99. The molecule has 0 aliphatic carbocycles. The quantitative estimate of drug-likeness (QED) is 0.807. The standard InChI is InChI=1S/C12H12F2N2S2/c13-12(14)18-9-3-1-8(2-4-9)16-7-11-10(15)5-6-17-11/h1-6,12,16H,7,15H2. The molecule has 0 saturated heterocycles. The number of thioether (sulfide) groups is 1. The Balaban J connectivity index is 1.92. The summed E-state index contributed by atoms with van der Waals surface area (Å²) in [5.41, 5.74) is 7.43. The summed E-state index contributed by atoms with van der Waals surface area (Å²) in [4.78, 5) is 1.63. The van der Waals surface area contributed by atoms with E-state index in [0.29, 0.717) is 23.2 Å². The molecule has 18 heavy (non-hydrogen) atoms. The van der Waals surface area contributed by atoms with Crippen LogP contribution in [0.5, 0.6) is 0 Å². The van der Waals surface area contributed by atoms with Crippen LogP contribution < -0.4 is 11.1 Å². The molecule has 0 saturated carbocycles. The number of halogens is 2. The van der Waals surface area contributed by atoms with Gasteiger partial charge in [-0.05, 0) is 35.7 Å². The van der Waals surface area contributed by atoms with Crippen LogP contribution in [0.4, 0.5) is 20.2 Å². The maximum atomic E-state index is 12.1. The summed E-state index contributed by atoms with van der Waals surface area (Å²) in [5.74, 6) is -2.38. The number of anilines is 2. The average Bonchev–Trinajstić information content (AvgIpc) is 2.73. The zero-order chi connectivity index (χ0) is 13.0. The largest absolute Gasteiger partial charge is 0.398 e. The first kappa shape index (κ1) is 13.2. The van der Waals surface area contributed by atoms with E-state index in [2.05, 4.69) is 5.32 Å². The molecule has 0 spiro atoms. The van der Waals surface area contributed by atoms with Crippen LogP contribution in [0.2, 0.25) is 0 Å². The molecule has 6 heteroatoms. The lowest BCUT2D eigenvalue weighted by molar-refractivity contribution is 0.252. The third-order valence-corrected chi connectivity index (χ3v) is 3.97. The maximum absolute atomic E-state index is 12.1. The number of rotatable bonds is 5. The summed E-state index contributed by atoms with van der Waals surface area (Å²) < 4.78 is 24.3. The minimum atomic E-state index is -2.38. The minimum Gasteiger partial charge on any atom is -0.398 e. The Morgan fingerprint density at radius 2 is 1.94 bits per heavy atom. The van der Waals surface area contributed by atoms with Gasteiger partial charge >= 0.3 is 0 Å². The van der Waals surface area contributed by atoms with Gasteiger partial charge in [-0.1, -0.05) is 11.8 Å². The van der Waals surface area contributed by atoms with Gasteiger partial charge in [0.1, 0.15) is 0 Å². The van der Waals surface area contributed by atoms with E-state index in [1.54, 1.807) is 35.6 Å². The normalized spacial score (nSPS) is 10.8. The number of benzene rings is 1. The molecule has 0 unspecified atom stereocenters. The van der Waals surface area contributed by atoms with Gasteiger partial charge < -0.3 is 11.1 Å². The van der Waals surface area contributed by atoms with Gasteiger partial charge in [-0.3, -0.25) is 0 Å². The Kier molecular flexibility index (Phi) is 4.43. The van der Waals surface area contributed by atoms with Crippen LogP contribution in [-0.4, -0.2) is 5.76 Å². The summed E-state index contributed by atoms with van der Waals surface area (Å²) >= 11 is 2.14. The molecule has 1 heterocycles. The highest BCUT2D eigenvalue weighted by atomic mass is 32.2. The van der Waals surface area contributed by atoms with Crippen molar-refractivity contribution in [2.24, 2.45) is 0 Å². The van der Waals surface area contributed by atoms with E-state index < -0.39 is 5.76 Å². The van der Waals surface area contributed by atoms with Gasteiger partial charge in [0, 0.05) is 21.1 Å². The fourth-order valence-corrected chi connectivity index (χ4v) is 2.67. The third kappa shape index (κ3) is 3.61. The molecule has 0 amide bonds. The summed E-state index contributed by atoms with van der Waals surface area (Å²) in [6, 6.07) is 8.79. The number of hydrogen-bond donors (Lipinski definition) is 2. The van der Waals surface area contributed by atoms with Gasteiger partial charge in [0.15, 0.2) is 0 Å². The van der Waals surface area contributed by atoms with Crippen molar-refractivity contribution in [3.8, 4) is 0 Å². The third-order valence-electron chi connectivity index (χ3n) is 2.31. The van der Waals surface area contributed by atoms with Crippen molar-refractivity contribution in [3.63, 3.8) is 0 Å². The topological polar surface area (TPSA) is 38.0 Å². The van der Waals surface area contributed by atoms with Crippen molar-refractivity contribution in [2.45, 2.75) is 17.2 Å². The number of nitrogen functional groups attached to an aromatic ring is 1. The Morgan fingerprint density at radius 1 is 1.22 bits per heavy atom. The Hall–Kier alpha value is -1.27. The van der Waals surface area contributed by atoms with Crippen molar-refractivity contribution in [3.05, 3.63) is 40.6 Å². The maximum Gasteiger partial charge on any atom is 0.288 e. The van der Waals surface area contributed by atoms with Crippen LogP contribution in [-0.2, 0) is 6.54 Å². The van der Waals surface area contributed by atoms with Gasteiger partial charge in [0.2, 0.25) is 0 Å². The second-order valence-corrected chi connectivity index (χ2v) is 5.62. The van der Waals surface area contributed by atoms with Gasteiger partial charge in [-0.15, -0.1) is 11.3 Å². The summed E-state index contributed by atoms with van der Waals surface area (Å²) in [7, 11) is 0. The smallest absolute Gasteiger partial charge is 0.288 e. The highest BCUT2D eigenvalue weighted by molar-refractivity contribution is 7.99. The highest BCUT2D eigenvalue weighted by Crippen LogP contribution is 2.26. The van der Waals surface area contributed by atoms with E-state index in [0.717, 1.165) is 16.3 Å². The SMILES string of the molecule is Nc1ccsc1CNc1ccc(SC(F)F)cc1. The molecule has 2 nitrogen and oxygen atoms in total. The van der Waals surface area contributed by atoms with Crippen LogP contribution in [0.3, 0.4) is 0 Å². The van der Waals surface area contributed by atoms with E-state index in [1.165, 1.54) is 0 Å². The molecular weight excluding hydrogens is 274 g/mol. The van der Waals surface area contributed by atoms with Crippen LogP contribution >= 0.6 is 23.1 Å². The van der Waals surface area contributed by atoms with Crippen LogP contribution in [0.1, 0.15) is 4.88 Å². The lowest BCUT2D eigenvalue weighted by Gasteiger charge is -2.07. The van der Waals surface area contributed by atoms with Crippen molar-refractivity contribution >= 4 is 34.5 Å². The van der Waals surface area contributed by atoms with Crippen molar-refractivity contribution in [2.75, 3.05) is 11.1 Å². The number of nitrogens with two attached hydrogens (primary N) is 1. The molecule has 0 bridgehead atoms.